The number of hydrogen-bond acceptors (Lipinski definition) is 1. The van der Waals surface area contributed by atoms with Crippen LogP contribution >= 0.6 is 11.6 Å². The molecular weight excluding hydrogens is 275 g/mol. The lowest BCUT2D eigenvalue weighted by Gasteiger charge is -2.10. The highest BCUT2D eigenvalue weighted by atomic mass is 35.5. The van der Waals surface area contributed by atoms with Crippen LogP contribution < -0.4 is 0 Å². The molecule has 0 bridgehead atoms. The van der Waals surface area contributed by atoms with E-state index in [2.05, 4.69) is 0 Å². The van der Waals surface area contributed by atoms with Gasteiger partial charge in [-0.25, -0.2) is 4.39 Å². The van der Waals surface area contributed by atoms with Crippen LogP contribution in [0.1, 0.15) is 28.5 Å². The van der Waals surface area contributed by atoms with Crippen molar-refractivity contribution in [1.29, 1.82) is 0 Å². The van der Waals surface area contributed by atoms with Gasteiger partial charge in [0.1, 0.15) is 11.2 Å². The fourth-order valence-corrected chi connectivity index (χ4v) is 2.35. The average Bonchev–Trinajstić information content (AvgIpc) is 2.46. The number of rotatable bonds is 5. The van der Waals surface area contributed by atoms with E-state index in [-0.39, 0.29) is 11.6 Å². The average molecular weight is 291 g/mol. The Labute approximate surface area is 123 Å². The summed E-state index contributed by atoms with van der Waals surface area (Å²) in [6.45, 7) is 2.03. The van der Waals surface area contributed by atoms with Gasteiger partial charge < -0.3 is 0 Å². The summed E-state index contributed by atoms with van der Waals surface area (Å²) >= 11 is 6.14. The molecule has 0 aliphatic heterocycles. The summed E-state index contributed by atoms with van der Waals surface area (Å²) in [4.78, 5) is 12.1. The van der Waals surface area contributed by atoms with Gasteiger partial charge in [-0.15, -0.1) is 11.6 Å². The van der Waals surface area contributed by atoms with Crippen molar-refractivity contribution in [2.75, 3.05) is 0 Å². The number of carbonyl (C=O) groups is 1. The van der Waals surface area contributed by atoms with Gasteiger partial charge in [0.25, 0.3) is 0 Å². The van der Waals surface area contributed by atoms with E-state index in [9.17, 15) is 9.18 Å². The Balaban J connectivity index is 1.98. The third-order valence-corrected chi connectivity index (χ3v) is 3.84. The minimum absolute atomic E-state index is 0.0403. The summed E-state index contributed by atoms with van der Waals surface area (Å²) < 4.78 is 12.8. The highest BCUT2D eigenvalue weighted by Gasteiger charge is 2.17. The second-order valence-electron chi connectivity index (χ2n) is 4.81. The Kier molecular flexibility index (Phi) is 4.91. The smallest absolute Gasteiger partial charge is 0.155 e. The zero-order valence-corrected chi connectivity index (χ0v) is 12.0. The predicted octanol–water partition coefficient (Wildman–Crippen LogP) is 4.62. The second-order valence-corrected chi connectivity index (χ2v) is 5.24. The SMILES string of the molecule is Cc1ccccc1CCC(=O)C(Cl)c1ccc(F)cc1. The standard InChI is InChI=1S/C17H16ClFO/c1-12-4-2-3-5-13(12)8-11-16(20)17(18)14-6-9-15(19)10-7-14/h2-7,9-10,17H,8,11H2,1H3. The molecule has 1 nitrogen and oxygen atoms in total. The van der Waals surface area contributed by atoms with E-state index in [0.717, 1.165) is 5.56 Å². The molecule has 0 heterocycles. The maximum Gasteiger partial charge on any atom is 0.155 e. The molecule has 20 heavy (non-hydrogen) atoms. The molecule has 2 aromatic rings. The number of aryl methyl sites for hydroxylation is 2. The van der Waals surface area contributed by atoms with E-state index < -0.39 is 5.38 Å². The Morgan fingerprint density at radius 3 is 2.45 bits per heavy atom. The van der Waals surface area contributed by atoms with E-state index in [0.29, 0.717) is 18.4 Å². The first-order chi connectivity index (χ1) is 9.58. The quantitative estimate of drug-likeness (QED) is 0.735. The van der Waals surface area contributed by atoms with Crippen LogP contribution in [0.5, 0.6) is 0 Å². The van der Waals surface area contributed by atoms with E-state index in [1.165, 1.54) is 17.7 Å². The van der Waals surface area contributed by atoms with Crippen molar-refractivity contribution in [1.82, 2.24) is 0 Å². The number of alkyl halides is 1. The molecule has 0 spiro atoms. The minimum Gasteiger partial charge on any atom is -0.298 e. The molecule has 0 N–H and O–H groups in total. The molecule has 1 atom stereocenters. The summed E-state index contributed by atoms with van der Waals surface area (Å²) in [6, 6.07) is 13.7. The van der Waals surface area contributed by atoms with Crippen molar-refractivity contribution in [2.45, 2.75) is 25.1 Å². The van der Waals surface area contributed by atoms with Crippen molar-refractivity contribution in [3.05, 3.63) is 71.0 Å². The first-order valence-corrected chi connectivity index (χ1v) is 6.98. The molecular formula is C17H16ClFO. The van der Waals surface area contributed by atoms with Crippen molar-refractivity contribution >= 4 is 17.4 Å². The molecule has 0 aliphatic carbocycles. The zero-order valence-electron chi connectivity index (χ0n) is 11.3. The molecule has 0 radical (unpaired) electrons. The third-order valence-electron chi connectivity index (χ3n) is 3.35. The molecule has 104 valence electrons. The van der Waals surface area contributed by atoms with Crippen molar-refractivity contribution < 1.29 is 9.18 Å². The first-order valence-electron chi connectivity index (χ1n) is 6.54. The molecule has 2 aromatic carbocycles. The van der Waals surface area contributed by atoms with E-state index in [1.54, 1.807) is 12.1 Å². The van der Waals surface area contributed by atoms with Gasteiger partial charge in [0, 0.05) is 6.42 Å². The van der Waals surface area contributed by atoms with Crippen LogP contribution in [0.15, 0.2) is 48.5 Å². The summed E-state index contributed by atoms with van der Waals surface area (Å²) in [5.74, 6) is -0.369. The topological polar surface area (TPSA) is 17.1 Å². The van der Waals surface area contributed by atoms with Gasteiger partial charge in [-0.1, -0.05) is 36.4 Å². The van der Waals surface area contributed by atoms with Gasteiger partial charge in [0.15, 0.2) is 5.78 Å². The molecule has 0 aromatic heterocycles. The number of ketones is 1. The van der Waals surface area contributed by atoms with Crippen LogP contribution in [0.25, 0.3) is 0 Å². The third kappa shape index (κ3) is 3.67. The Morgan fingerprint density at radius 1 is 1.15 bits per heavy atom. The Hall–Kier alpha value is -1.67. The van der Waals surface area contributed by atoms with E-state index >= 15 is 0 Å². The van der Waals surface area contributed by atoms with E-state index in [1.807, 2.05) is 31.2 Å². The molecule has 3 heteroatoms. The molecule has 0 aliphatic rings. The van der Waals surface area contributed by atoms with Gasteiger partial charge in [-0.2, -0.15) is 0 Å². The lowest BCUT2D eigenvalue weighted by molar-refractivity contribution is -0.118. The molecule has 0 saturated carbocycles. The van der Waals surface area contributed by atoms with Crippen LogP contribution in [0.3, 0.4) is 0 Å². The monoisotopic (exact) mass is 290 g/mol. The fraction of sp³-hybridized carbons (Fsp3) is 0.235. The molecule has 1 unspecified atom stereocenters. The number of carbonyl (C=O) groups excluding carboxylic acids is 1. The fourth-order valence-electron chi connectivity index (χ4n) is 2.09. The van der Waals surface area contributed by atoms with Crippen LogP contribution in [0, 0.1) is 12.7 Å². The van der Waals surface area contributed by atoms with Gasteiger partial charge in [0.2, 0.25) is 0 Å². The lowest BCUT2D eigenvalue weighted by Crippen LogP contribution is -2.08. The van der Waals surface area contributed by atoms with Gasteiger partial charge >= 0.3 is 0 Å². The van der Waals surface area contributed by atoms with Gasteiger partial charge in [-0.3, -0.25) is 4.79 Å². The molecule has 0 amide bonds. The Bertz CT molecular complexity index is 592. The van der Waals surface area contributed by atoms with Crippen LogP contribution in [-0.2, 0) is 11.2 Å². The highest BCUT2D eigenvalue weighted by Crippen LogP contribution is 2.24. The molecule has 0 saturated heterocycles. The maximum absolute atomic E-state index is 12.8. The van der Waals surface area contributed by atoms with Gasteiger partial charge in [-0.05, 0) is 42.2 Å². The van der Waals surface area contributed by atoms with Crippen molar-refractivity contribution in [3.63, 3.8) is 0 Å². The van der Waals surface area contributed by atoms with Crippen molar-refractivity contribution in [2.24, 2.45) is 0 Å². The lowest BCUT2D eigenvalue weighted by atomic mass is 9.99. The second kappa shape index (κ2) is 6.67. The highest BCUT2D eigenvalue weighted by molar-refractivity contribution is 6.31. The number of Topliss-reactive ketones (excluding diaryl/α,β-unsaturated/α-hetero) is 1. The van der Waals surface area contributed by atoms with E-state index in [4.69, 9.17) is 11.6 Å². The van der Waals surface area contributed by atoms with Crippen molar-refractivity contribution in [3.8, 4) is 0 Å². The predicted molar refractivity (Wildman–Crippen MR) is 79.5 cm³/mol. The molecule has 0 fully saturated rings. The largest absolute Gasteiger partial charge is 0.298 e. The van der Waals surface area contributed by atoms with Crippen LogP contribution in [-0.4, -0.2) is 5.78 Å². The first kappa shape index (κ1) is 14.7. The normalized spacial score (nSPS) is 12.2. The van der Waals surface area contributed by atoms with Crippen LogP contribution in [0.2, 0.25) is 0 Å². The number of halogens is 2. The summed E-state index contributed by atoms with van der Waals surface area (Å²) in [6.07, 6.45) is 1.06. The summed E-state index contributed by atoms with van der Waals surface area (Å²) in [7, 11) is 0. The summed E-state index contributed by atoms with van der Waals surface area (Å²) in [5.41, 5.74) is 2.97. The van der Waals surface area contributed by atoms with Gasteiger partial charge in [0.05, 0.1) is 0 Å². The maximum atomic E-state index is 12.8. The summed E-state index contributed by atoms with van der Waals surface area (Å²) in [5, 5.41) is -0.709. The minimum atomic E-state index is -0.709. The number of hydrogen-bond donors (Lipinski definition) is 0. The zero-order chi connectivity index (χ0) is 14.5. The Morgan fingerprint density at radius 2 is 1.80 bits per heavy atom. The number of benzene rings is 2. The van der Waals surface area contributed by atoms with Crippen LogP contribution in [0.4, 0.5) is 4.39 Å². The molecule has 2 rings (SSSR count).